The summed E-state index contributed by atoms with van der Waals surface area (Å²) in [5.74, 6) is 0.0665. The van der Waals surface area contributed by atoms with Crippen molar-refractivity contribution >= 4 is 23.2 Å². The van der Waals surface area contributed by atoms with Crippen molar-refractivity contribution in [1.82, 2.24) is 5.32 Å². The number of benzene rings is 1. The van der Waals surface area contributed by atoms with Crippen LogP contribution in [-0.2, 0) is 4.79 Å². The molecular weight excluding hydrogens is 224 g/mol. The van der Waals surface area contributed by atoms with Crippen LogP contribution in [0.25, 0.3) is 0 Å². The molecule has 2 N–H and O–H groups in total. The SMILES string of the molecule is CNC(=O)CCCNc1ccc(C)cc1Cl. The highest BCUT2D eigenvalue weighted by atomic mass is 35.5. The van der Waals surface area contributed by atoms with Crippen molar-refractivity contribution in [2.24, 2.45) is 0 Å². The summed E-state index contributed by atoms with van der Waals surface area (Å²) in [6.07, 6.45) is 1.33. The predicted molar refractivity (Wildman–Crippen MR) is 68.0 cm³/mol. The number of carbonyl (C=O) groups is 1. The Kier molecular flexibility index (Phi) is 5.12. The van der Waals surface area contributed by atoms with E-state index in [0.29, 0.717) is 6.42 Å². The van der Waals surface area contributed by atoms with Crippen molar-refractivity contribution < 1.29 is 4.79 Å². The lowest BCUT2D eigenvalue weighted by Gasteiger charge is -2.08. The summed E-state index contributed by atoms with van der Waals surface area (Å²) in [6.45, 7) is 2.75. The van der Waals surface area contributed by atoms with Gasteiger partial charge in [-0.25, -0.2) is 0 Å². The van der Waals surface area contributed by atoms with E-state index in [4.69, 9.17) is 11.6 Å². The van der Waals surface area contributed by atoms with Gasteiger partial charge in [0.2, 0.25) is 5.91 Å². The molecule has 0 aliphatic carbocycles. The van der Waals surface area contributed by atoms with Crippen molar-refractivity contribution in [3.8, 4) is 0 Å². The molecule has 3 nitrogen and oxygen atoms in total. The van der Waals surface area contributed by atoms with E-state index in [-0.39, 0.29) is 5.91 Å². The van der Waals surface area contributed by atoms with Crippen molar-refractivity contribution in [1.29, 1.82) is 0 Å². The van der Waals surface area contributed by atoms with Gasteiger partial charge >= 0.3 is 0 Å². The zero-order valence-corrected chi connectivity index (χ0v) is 10.4. The molecule has 1 rings (SSSR count). The number of hydrogen-bond acceptors (Lipinski definition) is 2. The normalized spacial score (nSPS) is 9.94. The molecule has 1 aromatic rings. The van der Waals surface area contributed by atoms with Gasteiger partial charge in [-0.3, -0.25) is 4.79 Å². The molecule has 1 amide bonds. The summed E-state index contributed by atoms with van der Waals surface area (Å²) in [6, 6.07) is 5.88. The molecule has 0 aliphatic rings. The van der Waals surface area contributed by atoms with E-state index < -0.39 is 0 Å². The summed E-state index contributed by atoms with van der Waals surface area (Å²) in [7, 11) is 1.65. The molecular formula is C12H17ClN2O. The van der Waals surface area contributed by atoms with Crippen molar-refractivity contribution in [2.45, 2.75) is 19.8 Å². The molecule has 0 radical (unpaired) electrons. The van der Waals surface area contributed by atoms with Gasteiger partial charge in [-0.1, -0.05) is 17.7 Å². The largest absolute Gasteiger partial charge is 0.384 e. The van der Waals surface area contributed by atoms with Crippen LogP contribution in [-0.4, -0.2) is 19.5 Å². The molecule has 0 saturated carbocycles. The zero-order chi connectivity index (χ0) is 12.0. The fourth-order valence-electron chi connectivity index (χ4n) is 1.36. The molecule has 0 spiro atoms. The van der Waals surface area contributed by atoms with Gasteiger partial charge in [0.05, 0.1) is 10.7 Å². The standard InChI is InChI=1S/C12H17ClN2O/c1-9-5-6-11(10(13)8-9)15-7-3-4-12(16)14-2/h5-6,8,15H,3-4,7H2,1-2H3,(H,14,16). The minimum Gasteiger partial charge on any atom is -0.384 e. The number of carbonyl (C=O) groups excluding carboxylic acids is 1. The first-order chi connectivity index (χ1) is 7.63. The molecule has 1 aromatic carbocycles. The molecule has 16 heavy (non-hydrogen) atoms. The highest BCUT2D eigenvalue weighted by Crippen LogP contribution is 2.22. The fraction of sp³-hybridized carbons (Fsp3) is 0.417. The Morgan fingerprint density at radius 3 is 2.81 bits per heavy atom. The zero-order valence-electron chi connectivity index (χ0n) is 9.64. The van der Waals surface area contributed by atoms with Gasteiger partial charge < -0.3 is 10.6 Å². The van der Waals surface area contributed by atoms with Crippen molar-refractivity contribution in [2.75, 3.05) is 18.9 Å². The Hall–Kier alpha value is -1.22. The number of amides is 1. The van der Waals surface area contributed by atoms with Crippen LogP contribution in [0, 0.1) is 6.92 Å². The number of hydrogen-bond donors (Lipinski definition) is 2. The van der Waals surface area contributed by atoms with Crippen LogP contribution in [0.1, 0.15) is 18.4 Å². The highest BCUT2D eigenvalue weighted by Gasteiger charge is 2.00. The number of nitrogens with one attached hydrogen (secondary N) is 2. The molecule has 0 saturated heterocycles. The predicted octanol–water partition coefficient (Wildman–Crippen LogP) is 2.59. The van der Waals surface area contributed by atoms with E-state index in [1.807, 2.05) is 25.1 Å². The van der Waals surface area contributed by atoms with Gasteiger partial charge in [0.15, 0.2) is 0 Å². The van der Waals surface area contributed by atoms with Gasteiger partial charge in [0.1, 0.15) is 0 Å². The summed E-state index contributed by atoms with van der Waals surface area (Å²) in [4.78, 5) is 11.0. The summed E-state index contributed by atoms with van der Waals surface area (Å²) < 4.78 is 0. The Morgan fingerprint density at radius 2 is 2.19 bits per heavy atom. The fourth-order valence-corrected chi connectivity index (χ4v) is 1.66. The first kappa shape index (κ1) is 12.8. The van der Waals surface area contributed by atoms with Crippen LogP contribution in [0.4, 0.5) is 5.69 Å². The molecule has 0 atom stereocenters. The van der Waals surface area contributed by atoms with Crippen LogP contribution in [0.15, 0.2) is 18.2 Å². The lowest BCUT2D eigenvalue weighted by molar-refractivity contribution is -0.120. The number of aryl methyl sites for hydroxylation is 1. The monoisotopic (exact) mass is 240 g/mol. The third kappa shape index (κ3) is 4.11. The van der Waals surface area contributed by atoms with Crippen molar-refractivity contribution in [3.63, 3.8) is 0 Å². The van der Waals surface area contributed by atoms with E-state index in [1.165, 1.54) is 0 Å². The number of halogens is 1. The molecule has 0 unspecified atom stereocenters. The Morgan fingerprint density at radius 1 is 1.44 bits per heavy atom. The average Bonchev–Trinajstić information content (AvgIpc) is 2.26. The molecule has 0 heterocycles. The molecule has 0 aromatic heterocycles. The first-order valence-electron chi connectivity index (χ1n) is 5.34. The number of anilines is 1. The van der Waals surface area contributed by atoms with E-state index in [2.05, 4.69) is 10.6 Å². The Labute approximate surface area is 101 Å². The maximum Gasteiger partial charge on any atom is 0.219 e. The Balaban J connectivity index is 2.35. The molecule has 0 aliphatic heterocycles. The van der Waals surface area contributed by atoms with Gasteiger partial charge in [-0.05, 0) is 31.0 Å². The second kappa shape index (κ2) is 6.38. The van der Waals surface area contributed by atoms with Crippen LogP contribution >= 0.6 is 11.6 Å². The maximum absolute atomic E-state index is 11.0. The first-order valence-corrected chi connectivity index (χ1v) is 5.72. The number of rotatable bonds is 5. The van der Waals surface area contributed by atoms with Gasteiger partial charge in [-0.2, -0.15) is 0 Å². The Bertz CT molecular complexity index is 366. The smallest absolute Gasteiger partial charge is 0.219 e. The van der Waals surface area contributed by atoms with Gasteiger partial charge in [0, 0.05) is 20.0 Å². The maximum atomic E-state index is 11.0. The molecule has 0 bridgehead atoms. The van der Waals surface area contributed by atoms with Crippen molar-refractivity contribution in [3.05, 3.63) is 28.8 Å². The van der Waals surface area contributed by atoms with E-state index >= 15 is 0 Å². The lowest BCUT2D eigenvalue weighted by Crippen LogP contribution is -2.18. The summed E-state index contributed by atoms with van der Waals surface area (Å²) in [5, 5.41) is 6.52. The third-order valence-electron chi connectivity index (χ3n) is 2.30. The van der Waals surface area contributed by atoms with Crippen LogP contribution < -0.4 is 10.6 Å². The summed E-state index contributed by atoms with van der Waals surface area (Å²) in [5.41, 5.74) is 2.06. The molecule has 0 fully saturated rings. The molecule has 88 valence electrons. The minimum absolute atomic E-state index is 0.0665. The van der Waals surface area contributed by atoms with Crippen LogP contribution in [0.5, 0.6) is 0 Å². The third-order valence-corrected chi connectivity index (χ3v) is 2.61. The van der Waals surface area contributed by atoms with Crippen LogP contribution in [0.3, 0.4) is 0 Å². The van der Waals surface area contributed by atoms with E-state index in [9.17, 15) is 4.79 Å². The van der Waals surface area contributed by atoms with Gasteiger partial charge in [0.25, 0.3) is 0 Å². The summed E-state index contributed by atoms with van der Waals surface area (Å²) >= 11 is 6.06. The topological polar surface area (TPSA) is 41.1 Å². The molecule has 4 heteroatoms. The second-order valence-electron chi connectivity index (χ2n) is 3.69. The minimum atomic E-state index is 0.0665. The van der Waals surface area contributed by atoms with E-state index in [0.717, 1.165) is 29.2 Å². The van der Waals surface area contributed by atoms with E-state index in [1.54, 1.807) is 7.05 Å². The highest BCUT2D eigenvalue weighted by molar-refractivity contribution is 6.33. The van der Waals surface area contributed by atoms with Crippen LogP contribution in [0.2, 0.25) is 5.02 Å². The van der Waals surface area contributed by atoms with Gasteiger partial charge in [-0.15, -0.1) is 0 Å². The second-order valence-corrected chi connectivity index (χ2v) is 4.09. The quantitative estimate of drug-likeness (QED) is 0.777. The average molecular weight is 241 g/mol. The lowest BCUT2D eigenvalue weighted by atomic mass is 10.2.